The number of aromatic carboxylic acids is 1. The number of hydrogen-bond donors (Lipinski definition) is 1. The standard InChI is InChI=1S/C29H24F2N2O6S/c1-16-2-8-21(9-3-16)40(37,38)32-12-18-5-4-17(10-19(18)13-32)25-24(31)11-22-26(28(25)39-15-30)33(20-6-7-20)14-23(27(22)34)29(35)36/h2-5,8-11,14,20H,6-7,12-13,15H2,1H3,(H,35,36). The number of nitrogens with zero attached hydrogens (tertiary/aromatic N) is 2. The lowest BCUT2D eigenvalue weighted by molar-refractivity contribution is 0.0694. The molecule has 6 rings (SSSR count). The topological polar surface area (TPSA) is 106 Å². The number of ether oxygens (including phenoxy) is 1. The minimum Gasteiger partial charge on any atom is -0.477 e. The van der Waals surface area contributed by atoms with Crippen LogP contribution in [0.1, 0.15) is 45.9 Å². The Morgan fingerprint density at radius 3 is 2.42 bits per heavy atom. The number of aromatic nitrogens is 1. The summed E-state index contributed by atoms with van der Waals surface area (Å²) in [7, 11) is -3.78. The number of pyridine rings is 1. The van der Waals surface area contributed by atoms with Gasteiger partial charge in [0.15, 0.2) is 5.75 Å². The molecule has 1 saturated carbocycles. The molecule has 206 valence electrons. The number of halogens is 2. The Morgan fingerprint density at radius 1 is 1.07 bits per heavy atom. The molecule has 3 aromatic carbocycles. The maximum Gasteiger partial charge on any atom is 0.341 e. The number of alkyl halides is 1. The van der Waals surface area contributed by atoms with Crippen LogP contribution in [0.2, 0.25) is 0 Å². The van der Waals surface area contributed by atoms with Crippen LogP contribution in [0.25, 0.3) is 22.0 Å². The first-order chi connectivity index (χ1) is 19.1. The van der Waals surface area contributed by atoms with E-state index in [4.69, 9.17) is 4.74 Å². The van der Waals surface area contributed by atoms with Gasteiger partial charge in [0.1, 0.15) is 11.4 Å². The largest absolute Gasteiger partial charge is 0.477 e. The number of aryl methyl sites for hydroxylation is 1. The fraction of sp³-hybridized carbons (Fsp3) is 0.241. The van der Waals surface area contributed by atoms with Crippen LogP contribution in [0.15, 0.2) is 64.4 Å². The van der Waals surface area contributed by atoms with Crippen molar-refractivity contribution in [3.63, 3.8) is 0 Å². The van der Waals surface area contributed by atoms with Crippen molar-refractivity contribution < 1.29 is 31.8 Å². The van der Waals surface area contributed by atoms with Crippen molar-refractivity contribution in [3.8, 4) is 16.9 Å². The van der Waals surface area contributed by atoms with Crippen LogP contribution in [-0.4, -0.2) is 35.2 Å². The molecule has 1 fully saturated rings. The minimum atomic E-state index is -3.78. The molecule has 1 aromatic heterocycles. The van der Waals surface area contributed by atoms with Crippen LogP contribution in [0.5, 0.6) is 5.75 Å². The minimum absolute atomic E-state index is 0.0582. The Balaban J connectivity index is 1.48. The Morgan fingerprint density at radius 2 is 1.77 bits per heavy atom. The molecule has 0 bridgehead atoms. The van der Waals surface area contributed by atoms with Gasteiger partial charge in [-0.05, 0) is 60.7 Å². The van der Waals surface area contributed by atoms with E-state index >= 15 is 4.39 Å². The molecule has 0 saturated heterocycles. The number of hydrogen-bond acceptors (Lipinski definition) is 5. The van der Waals surface area contributed by atoms with Crippen molar-refractivity contribution in [1.29, 1.82) is 0 Å². The monoisotopic (exact) mass is 566 g/mol. The molecule has 4 aromatic rings. The normalized spacial score (nSPS) is 15.4. The number of carboxylic acid groups (broad SMARTS) is 1. The van der Waals surface area contributed by atoms with Crippen molar-refractivity contribution in [2.24, 2.45) is 0 Å². The average Bonchev–Trinajstić information content (AvgIpc) is 3.67. The molecule has 0 atom stereocenters. The summed E-state index contributed by atoms with van der Waals surface area (Å²) < 4.78 is 64.1. The second kappa shape index (κ2) is 9.53. The SMILES string of the molecule is Cc1ccc(S(=O)(=O)N2Cc3ccc(-c4c(F)cc5c(=O)c(C(=O)O)cn(C6CC6)c5c4OCF)cc3C2)cc1. The number of benzene rings is 3. The lowest BCUT2D eigenvalue weighted by Gasteiger charge is -2.19. The van der Waals surface area contributed by atoms with Gasteiger partial charge in [0, 0.05) is 25.3 Å². The summed E-state index contributed by atoms with van der Waals surface area (Å²) in [6, 6.07) is 12.3. The van der Waals surface area contributed by atoms with Gasteiger partial charge in [0.05, 0.1) is 21.4 Å². The first-order valence-electron chi connectivity index (χ1n) is 12.6. The highest BCUT2D eigenvalue weighted by molar-refractivity contribution is 7.89. The highest BCUT2D eigenvalue weighted by atomic mass is 32.2. The molecule has 0 radical (unpaired) electrons. The highest BCUT2D eigenvalue weighted by Gasteiger charge is 2.33. The average molecular weight is 567 g/mol. The summed E-state index contributed by atoms with van der Waals surface area (Å²) in [6.45, 7) is 0.756. The van der Waals surface area contributed by atoms with Crippen LogP contribution >= 0.6 is 0 Å². The van der Waals surface area contributed by atoms with E-state index in [-0.39, 0.29) is 46.2 Å². The zero-order chi connectivity index (χ0) is 28.3. The summed E-state index contributed by atoms with van der Waals surface area (Å²) in [6.07, 6.45) is 2.62. The van der Waals surface area contributed by atoms with E-state index < -0.39 is 39.7 Å². The number of fused-ring (bicyclic) bond motifs is 2. The second-order valence-electron chi connectivity index (χ2n) is 10.1. The molecule has 40 heavy (non-hydrogen) atoms. The number of rotatable bonds is 7. The van der Waals surface area contributed by atoms with Gasteiger partial charge in [-0.25, -0.2) is 22.0 Å². The van der Waals surface area contributed by atoms with E-state index in [1.165, 1.54) is 10.5 Å². The molecular weight excluding hydrogens is 542 g/mol. The fourth-order valence-corrected chi connectivity index (χ4v) is 6.65. The summed E-state index contributed by atoms with van der Waals surface area (Å²) in [5, 5.41) is 9.32. The summed E-state index contributed by atoms with van der Waals surface area (Å²) in [5.41, 5.74) is 1.27. The molecule has 1 N–H and O–H groups in total. The van der Waals surface area contributed by atoms with E-state index in [2.05, 4.69) is 0 Å². The van der Waals surface area contributed by atoms with Crippen LogP contribution in [0.4, 0.5) is 8.78 Å². The van der Waals surface area contributed by atoms with Gasteiger partial charge in [0.2, 0.25) is 22.3 Å². The van der Waals surface area contributed by atoms with E-state index in [0.717, 1.165) is 17.2 Å². The molecule has 0 spiro atoms. The Labute approximate surface area is 228 Å². The Kier molecular flexibility index (Phi) is 6.23. The highest BCUT2D eigenvalue weighted by Crippen LogP contribution is 2.44. The van der Waals surface area contributed by atoms with Crippen molar-refractivity contribution in [1.82, 2.24) is 8.87 Å². The van der Waals surface area contributed by atoms with Gasteiger partial charge < -0.3 is 14.4 Å². The molecular formula is C29H24F2N2O6S. The third kappa shape index (κ3) is 4.25. The fourth-order valence-electron chi connectivity index (χ4n) is 5.26. The summed E-state index contributed by atoms with van der Waals surface area (Å²) in [5.74, 6) is -2.54. The summed E-state index contributed by atoms with van der Waals surface area (Å²) in [4.78, 5) is 24.8. The van der Waals surface area contributed by atoms with Gasteiger partial charge in [-0.3, -0.25) is 4.79 Å². The second-order valence-corrected chi connectivity index (χ2v) is 12.0. The van der Waals surface area contributed by atoms with Crippen LogP contribution in [-0.2, 0) is 23.1 Å². The van der Waals surface area contributed by atoms with Crippen molar-refractivity contribution in [2.75, 3.05) is 6.86 Å². The lowest BCUT2D eigenvalue weighted by atomic mass is 9.97. The van der Waals surface area contributed by atoms with Gasteiger partial charge in [0.25, 0.3) is 0 Å². The van der Waals surface area contributed by atoms with Crippen molar-refractivity contribution in [3.05, 3.63) is 93.0 Å². The third-order valence-corrected chi connectivity index (χ3v) is 9.25. The van der Waals surface area contributed by atoms with E-state index in [9.17, 15) is 27.5 Å². The van der Waals surface area contributed by atoms with E-state index in [0.29, 0.717) is 24.0 Å². The first-order valence-corrected chi connectivity index (χ1v) is 14.1. The van der Waals surface area contributed by atoms with E-state index in [1.54, 1.807) is 47.0 Å². The van der Waals surface area contributed by atoms with Gasteiger partial charge in [-0.1, -0.05) is 29.8 Å². The smallest absolute Gasteiger partial charge is 0.341 e. The maximum absolute atomic E-state index is 15.7. The van der Waals surface area contributed by atoms with Gasteiger partial charge >= 0.3 is 5.97 Å². The lowest BCUT2D eigenvalue weighted by Crippen LogP contribution is -2.25. The first kappa shape index (κ1) is 26.1. The zero-order valence-electron chi connectivity index (χ0n) is 21.4. The molecule has 11 heteroatoms. The quantitative estimate of drug-likeness (QED) is 0.331. The van der Waals surface area contributed by atoms with Crippen LogP contribution in [0, 0.1) is 12.7 Å². The maximum atomic E-state index is 15.7. The van der Waals surface area contributed by atoms with Gasteiger partial charge in [-0.2, -0.15) is 4.31 Å². The summed E-state index contributed by atoms with van der Waals surface area (Å²) >= 11 is 0. The van der Waals surface area contributed by atoms with Crippen LogP contribution < -0.4 is 10.2 Å². The Hall–Kier alpha value is -4.09. The number of carbonyl (C=O) groups is 1. The molecule has 1 aliphatic heterocycles. The number of carboxylic acids is 1. The third-order valence-electron chi connectivity index (χ3n) is 7.44. The van der Waals surface area contributed by atoms with Crippen molar-refractivity contribution in [2.45, 2.75) is 43.8 Å². The Bertz CT molecular complexity index is 1860. The number of sulfonamides is 1. The molecule has 1 aliphatic carbocycles. The van der Waals surface area contributed by atoms with Crippen LogP contribution in [0.3, 0.4) is 0 Å². The molecule has 2 heterocycles. The van der Waals surface area contributed by atoms with Gasteiger partial charge in [-0.15, -0.1) is 0 Å². The predicted molar refractivity (Wildman–Crippen MR) is 143 cm³/mol. The zero-order valence-corrected chi connectivity index (χ0v) is 22.2. The van der Waals surface area contributed by atoms with Crippen molar-refractivity contribution >= 4 is 26.9 Å². The predicted octanol–water partition coefficient (Wildman–Crippen LogP) is 5.16. The molecule has 0 amide bonds. The van der Waals surface area contributed by atoms with E-state index in [1.807, 2.05) is 6.92 Å². The molecule has 8 nitrogen and oxygen atoms in total. The molecule has 2 aliphatic rings. The molecule has 0 unspecified atom stereocenters.